The summed E-state index contributed by atoms with van der Waals surface area (Å²) >= 11 is 6.92. The molecule has 1 aromatic heterocycles. The van der Waals surface area contributed by atoms with E-state index in [-0.39, 0.29) is 0 Å². The van der Waals surface area contributed by atoms with Gasteiger partial charge in [-0.3, -0.25) is 4.98 Å². The van der Waals surface area contributed by atoms with Crippen molar-refractivity contribution in [3.05, 3.63) is 56.7 Å². The summed E-state index contributed by atoms with van der Waals surface area (Å²) in [4.78, 5) is 4.39. The Kier molecular flexibility index (Phi) is 6.21. The largest absolute Gasteiger partial charge is 0.508 e. The minimum absolute atomic E-state index is 0.316. The molecule has 0 saturated carbocycles. The fourth-order valence-corrected chi connectivity index (χ4v) is 3.12. The maximum absolute atomic E-state index is 9.26. The van der Waals surface area contributed by atoms with E-state index in [1.54, 1.807) is 12.1 Å². The predicted octanol–water partition coefficient (Wildman–Crippen LogP) is 4.42. The first-order valence-corrected chi connectivity index (χ1v) is 8.44. The number of hydrogen-bond donors (Lipinski definition) is 2. The lowest BCUT2D eigenvalue weighted by Crippen LogP contribution is -2.26. The van der Waals surface area contributed by atoms with E-state index in [0.717, 1.165) is 34.0 Å². The second kappa shape index (κ2) is 7.92. The number of rotatable bonds is 6. The van der Waals surface area contributed by atoms with Gasteiger partial charge in [-0.15, -0.1) is 0 Å². The number of phenolic OH excluding ortho intramolecular Hbond substituents is 1. The highest BCUT2D eigenvalue weighted by atomic mass is 79.9. The number of aromatic hydroxyl groups is 1. The average molecular weight is 414 g/mol. The van der Waals surface area contributed by atoms with Crippen molar-refractivity contribution in [1.82, 2.24) is 10.3 Å². The van der Waals surface area contributed by atoms with Gasteiger partial charge in [-0.25, -0.2) is 0 Å². The monoisotopic (exact) mass is 412 g/mol. The van der Waals surface area contributed by atoms with E-state index in [9.17, 15) is 5.11 Å². The Balaban J connectivity index is 1.79. The van der Waals surface area contributed by atoms with Gasteiger partial charge in [0.2, 0.25) is 0 Å². The van der Waals surface area contributed by atoms with Crippen molar-refractivity contribution >= 4 is 31.9 Å². The van der Waals surface area contributed by atoms with Crippen LogP contribution in [0.15, 0.2) is 45.5 Å². The Morgan fingerprint density at radius 1 is 1.24 bits per heavy atom. The molecule has 2 rings (SSSR count). The number of aromatic nitrogens is 1. The zero-order chi connectivity index (χ0) is 15.2. The number of hydrogen-bond acceptors (Lipinski definition) is 3. The molecule has 1 atom stereocenters. The number of phenols is 1. The Hall–Kier alpha value is -0.910. The Bertz CT molecular complexity index is 587. The summed E-state index contributed by atoms with van der Waals surface area (Å²) in [5, 5.41) is 12.7. The van der Waals surface area contributed by atoms with Crippen LogP contribution in [0, 0.1) is 0 Å². The molecular weight excluding hydrogens is 396 g/mol. The molecule has 0 aliphatic carbocycles. The summed E-state index contributed by atoms with van der Waals surface area (Å²) in [5.74, 6) is 0.316. The highest BCUT2D eigenvalue weighted by Crippen LogP contribution is 2.19. The molecule has 0 fully saturated rings. The number of benzene rings is 1. The standard InChI is InChI=1S/C16H18Br2N2O/c1-11(2-3-12-4-6-14(21)7-5-12)19-10-16-15(18)8-13(17)9-20-16/h4-9,11,19,21H,2-3,10H2,1H3. The van der Waals surface area contributed by atoms with Crippen LogP contribution in [0.4, 0.5) is 0 Å². The minimum atomic E-state index is 0.316. The third-order valence-corrected chi connectivity index (χ3v) is 4.42. The first-order chi connectivity index (χ1) is 10.0. The van der Waals surface area contributed by atoms with E-state index >= 15 is 0 Å². The van der Waals surface area contributed by atoms with Gasteiger partial charge in [0.1, 0.15) is 5.75 Å². The molecule has 2 aromatic rings. The topological polar surface area (TPSA) is 45.1 Å². The molecule has 2 N–H and O–H groups in total. The molecule has 0 radical (unpaired) electrons. The van der Waals surface area contributed by atoms with Crippen LogP contribution < -0.4 is 5.32 Å². The summed E-state index contributed by atoms with van der Waals surface area (Å²) in [6.07, 6.45) is 3.84. The number of aryl methyl sites for hydroxylation is 1. The van der Waals surface area contributed by atoms with E-state index < -0.39 is 0 Å². The molecule has 0 amide bonds. The van der Waals surface area contributed by atoms with Crippen LogP contribution in [0.3, 0.4) is 0 Å². The molecule has 112 valence electrons. The van der Waals surface area contributed by atoms with Gasteiger partial charge in [-0.05, 0) is 75.4 Å². The summed E-state index contributed by atoms with van der Waals surface area (Å²) in [6.45, 7) is 2.91. The molecule has 1 heterocycles. The number of pyridine rings is 1. The van der Waals surface area contributed by atoms with Crippen LogP contribution in [-0.4, -0.2) is 16.1 Å². The molecule has 0 aliphatic heterocycles. The van der Waals surface area contributed by atoms with Crippen LogP contribution in [0.2, 0.25) is 0 Å². The van der Waals surface area contributed by atoms with Gasteiger partial charge in [0.25, 0.3) is 0 Å². The van der Waals surface area contributed by atoms with Crippen LogP contribution in [-0.2, 0) is 13.0 Å². The molecule has 5 heteroatoms. The van der Waals surface area contributed by atoms with Crippen molar-refractivity contribution in [3.8, 4) is 5.75 Å². The second-order valence-electron chi connectivity index (χ2n) is 5.07. The van der Waals surface area contributed by atoms with E-state index in [1.165, 1.54) is 5.56 Å². The summed E-state index contributed by atoms with van der Waals surface area (Å²) in [5.41, 5.74) is 2.25. The van der Waals surface area contributed by atoms with Gasteiger partial charge in [-0.2, -0.15) is 0 Å². The minimum Gasteiger partial charge on any atom is -0.508 e. The van der Waals surface area contributed by atoms with Crippen molar-refractivity contribution in [3.63, 3.8) is 0 Å². The van der Waals surface area contributed by atoms with Gasteiger partial charge in [-0.1, -0.05) is 12.1 Å². The van der Waals surface area contributed by atoms with Gasteiger partial charge in [0.15, 0.2) is 0 Å². The quantitative estimate of drug-likeness (QED) is 0.736. The van der Waals surface area contributed by atoms with Gasteiger partial charge in [0.05, 0.1) is 5.69 Å². The van der Waals surface area contributed by atoms with Gasteiger partial charge >= 0.3 is 0 Å². The lowest BCUT2D eigenvalue weighted by Gasteiger charge is -2.14. The highest BCUT2D eigenvalue weighted by molar-refractivity contribution is 9.11. The lowest BCUT2D eigenvalue weighted by molar-refractivity contribution is 0.474. The first-order valence-electron chi connectivity index (χ1n) is 6.86. The van der Waals surface area contributed by atoms with Gasteiger partial charge < -0.3 is 10.4 Å². The maximum atomic E-state index is 9.26. The van der Waals surface area contributed by atoms with E-state index in [0.29, 0.717) is 11.8 Å². The Labute approximate surface area is 142 Å². The zero-order valence-corrected chi connectivity index (χ0v) is 15.0. The zero-order valence-electron chi connectivity index (χ0n) is 11.8. The first kappa shape index (κ1) is 16.5. The van der Waals surface area contributed by atoms with Crippen LogP contribution >= 0.6 is 31.9 Å². The predicted molar refractivity (Wildman–Crippen MR) is 92.4 cm³/mol. The number of halogens is 2. The molecule has 1 unspecified atom stereocenters. The Morgan fingerprint density at radius 2 is 1.95 bits per heavy atom. The van der Waals surface area contributed by atoms with Crippen molar-refractivity contribution in [2.24, 2.45) is 0 Å². The lowest BCUT2D eigenvalue weighted by atomic mass is 10.1. The van der Waals surface area contributed by atoms with Crippen LogP contribution in [0.5, 0.6) is 5.75 Å². The van der Waals surface area contributed by atoms with Crippen LogP contribution in [0.1, 0.15) is 24.6 Å². The normalized spacial score (nSPS) is 12.3. The smallest absolute Gasteiger partial charge is 0.115 e. The fourth-order valence-electron chi connectivity index (χ4n) is 1.99. The number of nitrogens with zero attached hydrogens (tertiary/aromatic N) is 1. The summed E-state index contributed by atoms with van der Waals surface area (Å²) < 4.78 is 1.98. The second-order valence-corrected chi connectivity index (χ2v) is 6.84. The SMILES string of the molecule is CC(CCc1ccc(O)cc1)NCc1ncc(Br)cc1Br. The molecule has 1 aromatic carbocycles. The molecule has 0 bridgehead atoms. The highest BCUT2D eigenvalue weighted by Gasteiger charge is 2.06. The average Bonchev–Trinajstić information content (AvgIpc) is 2.46. The van der Waals surface area contributed by atoms with E-state index in [2.05, 4.69) is 49.1 Å². The molecule has 0 spiro atoms. The number of nitrogens with one attached hydrogen (secondary N) is 1. The third-order valence-electron chi connectivity index (χ3n) is 3.30. The summed E-state index contributed by atoms with van der Waals surface area (Å²) in [6, 6.07) is 9.80. The van der Waals surface area contributed by atoms with E-state index in [4.69, 9.17) is 0 Å². The van der Waals surface area contributed by atoms with Crippen LogP contribution in [0.25, 0.3) is 0 Å². The van der Waals surface area contributed by atoms with Crippen molar-refractivity contribution in [1.29, 1.82) is 0 Å². The maximum Gasteiger partial charge on any atom is 0.115 e. The molecule has 0 saturated heterocycles. The molecule has 3 nitrogen and oxygen atoms in total. The summed E-state index contributed by atoms with van der Waals surface area (Å²) in [7, 11) is 0. The van der Waals surface area contributed by atoms with Crippen molar-refractivity contribution in [2.75, 3.05) is 0 Å². The van der Waals surface area contributed by atoms with Crippen molar-refractivity contribution < 1.29 is 5.11 Å². The molecular formula is C16H18Br2N2O. The van der Waals surface area contributed by atoms with E-state index in [1.807, 2.05) is 24.4 Å². The molecule has 0 aliphatic rings. The third kappa shape index (κ3) is 5.41. The fraction of sp³-hybridized carbons (Fsp3) is 0.312. The van der Waals surface area contributed by atoms with Gasteiger partial charge in [0, 0.05) is 27.7 Å². The Morgan fingerprint density at radius 3 is 2.62 bits per heavy atom. The van der Waals surface area contributed by atoms with Crippen molar-refractivity contribution in [2.45, 2.75) is 32.4 Å². The molecule has 21 heavy (non-hydrogen) atoms.